The molecule has 2 N–H and O–H groups in total. The number of thioether (sulfide) groups is 1. The Balaban J connectivity index is 1.73. The van der Waals surface area contributed by atoms with Crippen LogP contribution in [0.5, 0.6) is 0 Å². The number of rotatable bonds is 10. The Morgan fingerprint density at radius 3 is 2.45 bits per heavy atom. The summed E-state index contributed by atoms with van der Waals surface area (Å²) in [5, 5.41) is 14.9. The van der Waals surface area contributed by atoms with Crippen molar-refractivity contribution in [3.05, 3.63) is 84.5 Å². The minimum absolute atomic E-state index is 0.0463. The van der Waals surface area contributed by atoms with Crippen molar-refractivity contribution in [2.24, 2.45) is 5.92 Å². The largest absolute Gasteiger partial charge is 0.342 e. The molecule has 3 aromatic rings. The van der Waals surface area contributed by atoms with Crippen molar-refractivity contribution >= 4 is 29.3 Å². The topological polar surface area (TPSA) is 88.9 Å². The zero-order valence-corrected chi connectivity index (χ0v) is 19.3. The van der Waals surface area contributed by atoms with Crippen LogP contribution in [0.3, 0.4) is 0 Å². The first-order valence-corrected chi connectivity index (χ1v) is 11.5. The first kappa shape index (κ1) is 24.2. The average molecular weight is 468 g/mol. The van der Waals surface area contributed by atoms with Crippen molar-refractivity contribution in [1.29, 1.82) is 0 Å². The van der Waals surface area contributed by atoms with Crippen LogP contribution in [0.4, 0.5) is 10.1 Å². The van der Waals surface area contributed by atoms with Gasteiger partial charge in [0.15, 0.2) is 11.0 Å². The Labute approximate surface area is 196 Å². The van der Waals surface area contributed by atoms with Crippen molar-refractivity contribution in [2.75, 3.05) is 11.1 Å². The van der Waals surface area contributed by atoms with Crippen LogP contribution in [0.15, 0.2) is 72.4 Å². The van der Waals surface area contributed by atoms with Crippen LogP contribution >= 0.6 is 11.8 Å². The number of nitrogens with zero attached hydrogens (tertiary/aromatic N) is 3. The molecule has 1 atom stereocenters. The summed E-state index contributed by atoms with van der Waals surface area (Å²) in [7, 11) is 0. The minimum Gasteiger partial charge on any atom is -0.342 e. The lowest BCUT2D eigenvalue weighted by molar-refractivity contribution is -0.113. The maximum Gasteiger partial charge on any atom is 0.251 e. The molecule has 0 unspecified atom stereocenters. The molecule has 1 heterocycles. The number of hydrogen-bond donors (Lipinski definition) is 2. The van der Waals surface area contributed by atoms with E-state index in [1.54, 1.807) is 18.2 Å². The van der Waals surface area contributed by atoms with E-state index in [1.165, 1.54) is 36.0 Å². The van der Waals surface area contributed by atoms with Crippen LogP contribution in [0.1, 0.15) is 36.1 Å². The summed E-state index contributed by atoms with van der Waals surface area (Å²) in [6, 6.07) is 14.2. The van der Waals surface area contributed by atoms with Crippen LogP contribution in [0, 0.1) is 11.7 Å². The van der Waals surface area contributed by atoms with E-state index < -0.39 is 0 Å². The van der Waals surface area contributed by atoms with Gasteiger partial charge in [0.1, 0.15) is 5.82 Å². The molecule has 1 aromatic heterocycles. The van der Waals surface area contributed by atoms with E-state index in [2.05, 4.69) is 27.4 Å². The summed E-state index contributed by atoms with van der Waals surface area (Å²) in [5.41, 5.74) is 1.07. The Hall–Kier alpha value is -3.46. The fourth-order valence-corrected chi connectivity index (χ4v) is 3.90. The number of aromatic nitrogens is 3. The van der Waals surface area contributed by atoms with E-state index >= 15 is 0 Å². The third kappa shape index (κ3) is 6.52. The van der Waals surface area contributed by atoms with Gasteiger partial charge < -0.3 is 15.2 Å². The zero-order chi connectivity index (χ0) is 23.8. The quantitative estimate of drug-likeness (QED) is 0.339. The molecule has 172 valence electrons. The summed E-state index contributed by atoms with van der Waals surface area (Å²) < 4.78 is 14.9. The molecular formula is C24H26FN5O2S. The van der Waals surface area contributed by atoms with Crippen molar-refractivity contribution in [2.45, 2.75) is 31.6 Å². The molecule has 33 heavy (non-hydrogen) atoms. The fraction of sp³-hybridized carbons (Fsp3) is 0.250. The Morgan fingerprint density at radius 2 is 1.82 bits per heavy atom. The van der Waals surface area contributed by atoms with Gasteiger partial charge in [-0.1, -0.05) is 49.9 Å². The summed E-state index contributed by atoms with van der Waals surface area (Å²) in [4.78, 5) is 25.1. The maximum absolute atomic E-state index is 13.0. The van der Waals surface area contributed by atoms with Gasteiger partial charge in [0, 0.05) is 17.8 Å². The second kappa shape index (κ2) is 11.4. The second-order valence-electron chi connectivity index (χ2n) is 7.64. The lowest BCUT2D eigenvalue weighted by Crippen LogP contribution is -2.33. The van der Waals surface area contributed by atoms with Gasteiger partial charge in [-0.3, -0.25) is 9.59 Å². The number of amides is 2. The minimum atomic E-state index is -0.382. The number of halogens is 1. The molecule has 9 heteroatoms. The molecule has 0 aliphatic heterocycles. The lowest BCUT2D eigenvalue weighted by Gasteiger charge is -2.22. The molecule has 0 aliphatic carbocycles. The number of carbonyl (C=O) groups is 2. The van der Waals surface area contributed by atoms with Crippen molar-refractivity contribution in [3.63, 3.8) is 0 Å². The number of hydrogen-bond acceptors (Lipinski definition) is 5. The van der Waals surface area contributed by atoms with Crippen LogP contribution in [-0.4, -0.2) is 32.3 Å². The molecule has 0 spiro atoms. The molecule has 0 saturated heterocycles. The van der Waals surface area contributed by atoms with Crippen molar-refractivity contribution in [1.82, 2.24) is 20.1 Å². The fourth-order valence-electron chi connectivity index (χ4n) is 3.14. The van der Waals surface area contributed by atoms with Gasteiger partial charge in [-0.15, -0.1) is 16.8 Å². The molecule has 2 aromatic carbocycles. The Morgan fingerprint density at radius 1 is 1.12 bits per heavy atom. The highest BCUT2D eigenvalue weighted by molar-refractivity contribution is 7.99. The first-order chi connectivity index (χ1) is 15.9. The highest BCUT2D eigenvalue weighted by Crippen LogP contribution is 2.26. The van der Waals surface area contributed by atoms with Gasteiger partial charge in [0.05, 0.1) is 11.8 Å². The smallest absolute Gasteiger partial charge is 0.251 e. The van der Waals surface area contributed by atoms with Gasteiger partial charge >= 0.3 is 0 Å². The SMILES string of the molecule is C=CCn1c(SCC(=O)Nc2ccc(F)cc2)nnc1[C@@H](NC(=O)c1ccccc1)C(C)C. The molecule has 0 radical (unpaired) electrons. The van der Waals surface area contributed by atoms with Crippen LogP contribution in [-0.2, 0) is 11.3 Å². The molecule has 3 rings (SSSR count). The van der Waals surface area contributed by atoms with Gasteiger partial charge in [-0.05, 0) is 42.3 Å². The van der Waals surface area contributed by atoms with E-state index in [0.717, 1.165) is 0 Å². The molecule has 2 amide bonds. The highest BCUT2D eigenvalue weighted by Gasteiger charge is 2.26. The third-order valence-corrected chi connectivity index (χ3v) is 5.75. The van der Waals surface area contributed by atoms with E-state index in [1.807, 2.05) is 36.6 Å². The Bertz CT molecular complexity index is 1100. The van der Waals surface area contributed by atoms with Crippen LogP contribution in [0.2, 0.25) is 0 Å². The molecule has 0 saturated carbocycles. The maximum atomic E-state index is 13.0. The summed E-state index contributed by atoms with van der Waals surface area (Å²) >= 11 is 1.23. The van der Waals surface area contributed by atoms with Gasteiger partial charge in [0.25, 0.3) is 5.91 Å². The van der Waals surface area contributed by atoms with Crippen molar-refractivity contribution in [3.8, 4) is 0 Å². The summed E-state index contributed by atoms with van der Waals surface area (Å²) in [6.45, 7) is 8.21. The standard InChI is InChI=1S/C24H26FN5O2S/c1-4-14-30-22(21(16(2)3)27-23(32)17-8-6-5-7-9-17)28-29-24(30)33-15-20(31)26-19-12-10-18(25)11-13-19/h4-13,16,21H,1,14-15H2,2-3H3,(H,26,31)(H,27,32)/t21-/m0/s1. The van der Waals surface area contributed by atoms with Gasteiger partial charge in [-0.2, -0.15) is 0 Å². The third-order valence-electron chi connectivity index (χ3n) is 4.78. The number of allylic oxidation sites excluding steroid dienone is 1. The summed E-state index contributed by atoms with van der Waals surface area (Å²) in [5.74, 6) is -0.0864. The monoisotopic (exact) mass is 467 g/mol. The number of benzene rings is 2. The number of anilines is 1. The molecule has 7 nitrogen and oxygen atoms in total. The summed E-state index contributed by atoms with van der Waals surface area (Å²) in [6.07, 6.45) is 1.71. The first-order valence-electron chi connectivity index (χ1n) is 10.5. The second-order valence-corrected chi connectivity index (χ2v) is 8.59. The Kier molecular flexibility index (Phi) is 8.37. The molecule has 0 fully saturated rings. The van der Waals surface area contributed by atoms with Crippen molar-refractivity contribution < 1.29 is 14.0 Å². The number of carbonyl (C=O) groups excluding carboxylic acids is 2. The van der Waals surface area contributed by atoms with Crippen LogP contribution in [0.25, 0.3) is 0 Å². The molecular weight excluding hydrogens is 441 g/mol. The molecule has 0 aliphatic rings. The molecule has 0 bridgehead atoms. The average Bonchev–Trinajstić information content (AvgIpc) is 3.20. The lowest BCUT2D eigenvalue weighted by atomic mass is 10.0. The highest BCUT2D eigenvalue weighted by atomic mass is 32.2. The van der Waals surface area contributed by atoms with E-state index in [-0.39, 0.29) is 35.3 Å². The van der Waals surface area contributed by atoms with E-state index in [0.29, 0.717) is 28.8 Å². The predicted octanol–water partition coefficient (Wildman–Crippen LogP) is 4.46. The van der Waals surface area contributed by atoms with E-state index in [9.17, 15) is 14.0 Å². The van der Waals surface area contributed by atoms with Gasteiger partial charge in [-0.25, -0.2) is 4.39 Å². The predicted molar refractivity (Wildman–Crippen MR) is 127 cm³/mol. The van der Waals surface area contributed by atoms with E-state index in [4.69, 9.17) is 0 Å². The number of nitrogens with one attached hydrogen (secondary N) is 2. The zero-order valence-electron chi connectivity index (χ0n) is 18.5. The van der Waals surface area contributed by atoms with Gasteiger partial charge in [0.2, 0.25) is 5.91 Å². The normalized spacial score (nSPS) is 11.8. The van der Waals surface area contributed by atoms with Crippen LogP contribution < -0.4 is 10.6 Å².